The van der Waals surface area contributed by atoms with Crippen molar-refractivity contribution in [3.8, 4) is 0 Å². The number of imidazole rings is 1. The lowest BCUT2D eigenvalue weighted by Gasteiger charge is -2.33. The Morgan fingerprint density at radius 3 is 3.00 bits per heavy atom. The van der Waals surface area contributed by atoms with Gasteiger partial charge in [0.15, 0.2) is 0 Å². The van der Waals surface area contributed by atoms with Crippen LogP contribution in [-0.2, 0) is 13.0 Å². The van der Waals surface area contributed by atoms with Gasteiger partial charge in [-0.1, -0.05) is 6.42 Å². The fourth-order valence-electron chi connectivity index (χ4n) is 2.42. The Morgan fingerprint density at radius 1 is 1.29 bits per heavy atom. The molecule has 0 spiro atoms. The van der Waals surface area contributed by atoms with E-state index in [1.54, 1.807) is 0 Å². The Morgan fingerprint density at radius 2 is 2.21 bits per heavy atom. The number of hydrogen-bond acceptors (Lipinski definition) is 2. The Kier molecular flexibility index (Phi) is 2.05. The third-order valence-electron chi connectivity index (χ3n) is 3.54. The van der Waals surface area contributed by atoms with Gasteiger partial charge in [0.2, 0.25) is 0 Å². The Bertz CT molecular complexity index is 314. The number of nitrogens with one attached hydrogen (secondary N) is 1. The molecule has 76 valence electrons. The van der Waals surface area contributed by atoms with Crippen molar-refractivity contribution < 1.29 is 0 Å². The van der Waals surface area contributed by atoms with Gasteiger partial charge in [0.25, 0.3) is 0 Å². The van der Waals surface area contributed by atoms with Crippen LogP contribution in [0.15, 0.2) is 12.5 Å². The number of aryl methyl sites for hydroxylation is 1. The van der Waals surface area contributed by atoms with E-state index in [-0.39, 0.29) is 0 Å². The van der Waals surface area contributed by atoms with E-state index in [1.165, 1.54) is 37.8 Å². The maximum absolute atomic E-state index is 4.19. The summed E-state index contributed by atoms with van der Waals surface area (Å²) in [7, 11) is 0. The third kappa shape index (κ3) is 1.46. The predicted octanol–water partition coefficient (Wildman–Crippen LogP) is 1.34. The van der Waals surface area contributed by atoms with Gasteiger partial charge in [-0.05, 0) is 25.7 Å². The molecule has 1 atom stereocenters. The van der Waals surface area contributed by atoms with Crippen LogP contribution in [0.1, 0.15) is 31.4 Å². The molecule has 0 amide bonds. The van der Waals surface area contributed by atoms with Crippen LogP contribution in [-0.4, -0.2) is 21.6 Å². The highest BCUT2D eigenvalue weighted by atomic mass is 15.1. The molecule has 0 aromatic carbocycles. The molecule has 3 heteroatoms. The summed E-state index contributed by atoms with van der Waals surface area (Å²) in [5.41, 5.74) is 1.40. The van der Waals surface area contributed by atoms with Crippen molar-refractivity contribution in [2.75, 3.05) is 0 Å². The van der Waals surface area contributed by atoms with Gasteiger partial charge in [0.05, 0.1) is 6.33 Å². The van der Waals surface area contributed by atoms with Gasteiger partial charge >= 0.3 is 0 Å². The Hall–Kier alpha value is -0.830. The van der Waals surface area contributed by atoms with Crippen molar-refractivity contribution in [2.24, 2.45) is 0 Å². The van der Waals surface area contributed by atoms with Crippen LogP contribution in [0.4, 0.5) is 0 Å². The SMILES string of the molecule is c1ncn2c1CCC(NC1CCC1)C2. The quantitative estimate of drug-likeness (QED) is 0.764. The summed E-state index contributed by atoms with van der Waals surface area (Å²) in [5, 5.41) is 3.74. The van der Waals surface area contributed by atoms with E-state index in [2.05, 4.69) is 14.9 Å². The smallest absolute Gasteiger partial charge is 0.0948 e. The summed E-state index contributed by atoms with van der Waals surface area (Å²) < 4.78 is 2.29. The predicted molar refractivity (Wildman–Crippen MR) is 55.1 cm³/mol. The molecule has 1 saturated carbocycles. The van der Waals surface area contributed by atoms with E-state index < -0.39 is 0 Å². The molecule has 3 rings (SSSR count). The number of fused-ring (bicyclic) bond motifs is 1. The van der Waals surface area contributed by atoms with Crippen LogP contribution in [0.5, 0.6) is 0 Å². The van der Waals surface area contributed by atoms with Crippen molar-refractivity contribution in [1.29, 1.82) is 0 Å². The van der Waals surface area contributed by atoms with Gasteiger partial charge < -0.3 is 9.88 Å². The second kappa shape index (κ2) is 3.39. The lowest BCUT2D eigenvalue weighted by molar-refractivity contribution is 0.269. The first-order chi connectivity index (χ1) is 6.92. The van der Waals surface area contributed by atoms with Crippen LogP contribution in [0.25, 0.3) is 0 Å². The molecule has 1 aliphatic heterocycles. The second-order valence-electron chi connectivity index (χ2n) is 4.57. The summed E-state index contributed by atoms with van der Waals surface area (Å²) in [5.74, 6) is 0. The van der Waals surface area contributed by atoms with Crippen LogP contribution in [0.3, 0.4) is 0 Å². The molecule has 14 heavy (non-hydrogen) atoms. The lowest BCUT2D eigenvalue weighted by Crippen LogP contribution is -2.46. The zero-order valence-corrected chi connectivity index (χ0v) is 8.45. The lowest BCUT2D eigenvalue weighted by atomic mass is 9.91. The summed E-state index contributed by atoms with van der Waals surface area (Å²) in [4.78, 5) is 4.19. The average molecular weight is 191 g/mol. The summed E-state index contributed by atoms with van der Waals surface area (Å²) in [6.07, 6.45) is 10.6. The molecule has 1 aliphatic carbocycles. The van der Waals surface area contributed by atoms with E-state index in [1.807, 2.05) is 12.5 Å². The zero-order chi connectivity index (χ0) is 9.38. The standard InChI is InChI=1S/C11H17N3/c1-2-9(3-1)13-10-4-5-11-6-12-8-14(11)7-10/h6,8-10,13H,1-5,7H2. The summed E-state index contributed by atoms with van der Waals surface area (Å²) >= 11 is 0. The van der Waals surface area contributed by atoms with E-state index in [0.717, 1.165) is 12.6 Å². The highest BCUT2D eigenvalue weighted by Gasteiger charge is 2.24. The van der Waals surface area contributed by atoms with E-state index >= 15 is 0 Å². The molecule has 0 saturated heterocycles. The molecule has 0 radical (unpaired) electrons. The number of hydrogen-bond donors (Lipinski definition) is 1. The minimum absolute atomic E-state index is 0.682. The highest BCUT2D eigenvalue weighted by molar-refractivity contribution is 5.03. The fourth-order valence-corrected chi connectivity index (χ4v) is 2.42. The number of aromatic nitrogens is 2. The van der Waals surface area contributed by atoms with Crippen LogP contribution in [0, 0.1) is 0 Å². The fraction of sp³-hybridized carbons (Fsp3) is 0.727. The maximum atomic E-state index is 4.19. The van der Waals surface area contributed by atoms with Crippen LogP contribution in [0.2, 0.25) is 0 Å². The van der Waals surface area contributed by atoms with E-state index in [0.29, 0.717) is 6.04 Å². The van der Waals surface area contributed by atoms with Gasteiger partial charge in [0.1, 0.15) is 0 Å². The van der Waals surface area contributed by atoms with Gasteiger partial charge in [-0.25, -0.2) is 4.98 Å². The molecular formula is C11H17N3. The van der Waals surface area contributed by atoms with Crippen molar-refractivity contribution in [2.45, 2.75) is 50.7 Å². The Labute approximate surface area is 84.5 Å². The second-order valence-corrected chi connectivity index (χ2v) is 4.57. The van der Waals surface area contributed by atoms with Crippen molar-refractivity contribution in [3.63, 3.8) is 0 Å². The van der Waals surface area contributed by atoms with Gasteiger partial charge in [0, 0.05) is 30.5 Å². The first kappa shape index (κ1) is 8.48. The number of rotatable bonds is 2. The van der Waals surface area contributed by atoms with Crippen molar-refractivity contribution in [3.05, 3.63) is 18.2 Å². The van der Waals surface area contributed by atoms with Gasteiger partial charge in [-0.2, -0.15) is 0 Å². The number of nitrogens with zero attached hydrogens (tertiary/aromatic N) is 2. The average Bonchev–Trinajstić information content (AvgIpc) is 2.58. The van der Waals surface area contributed by atoms with Gasteiger partial charge in [-0.3, -0.25) is 0 Å². The summed E-state index contributed by atoms with van der Waals surface area (Å²) in [6.45, 7) is 1.12. The molecule has 3 nitrogen and oxygen atoms in total. The first-order valence-electron chi connectivity index (χ1n) is 5.67. The largest absolute Gasteiger partial charge is 0.333 e. The molecule has 1 aromatic heterocycles. The minimum Gasteiger partial charge on any atom is -0.333 e. The molecule has 1 fully saturated rings. The first-order valence-corrected chi connectivity index (χ1v) is 5.67. The third-order valence-corrected chi connectivity index (χ3v) is 3.54. The normalized spacial score (nSPS) is 27.0. The van der Waals surface area contributed by atoms with Crippen LogP contribution >= 0.6 is 0 Å². The molecule has 2 heterocycles. The molecular weight excluding hydrogens is 174 g/mol. The summed E-state index contributed by atoms with van der Waals surface area (Å²) in [6, 6.07) is 1.49. The molecule has 1 unspecified atom stereocenters. The molecule has 0 bridgehead atoms. The molecule has 1 aromatic rings. The monoisotopic (exact) mass is 191 g/mol. The van der Waals surface area contributed by atoms with Gasteiger partial charge in [-0.15, -0.1) is 0 Å². The minimum atomic E-state index is 0.682. The van der Waals surface area contributed by atoms with E-state index in [4.69, 9.17) is 0 Å². The molecule has 1 N–H and O–H groups in total. The Balaban J connectivity index is 1.63. The topological polar surface area (TPSA) is 29.9 Å². The maximum Gasteiger partial charge on any atom is 0.0948 e. The highest BCUT2D eigenvalue weighted by Crippen LogP contribution is 2.21. The van der Waals surface area contributed by atoms with Crippen molar-refractivity contribution >= 4 is 0 Å². The van der Waals surface area contributed by atoms with Crippen LogP contribution < -0.4 is 5.32 Å². The van der Waals surface area contributed by atoms with E-state index in [9.17, 15) is 0 Å². The molecule has 2 aliphatic rings. The zero-order valence-electron chi connectivity index (χ0n) is 8.45. The van der Waals surface area contributed by atoms with Crippen molar-refractivity contribution in [1.82, 2.24) is 14.9 Å².